The van der Waals surface area contributed by atoms with Crippen molar-refractivity contribution in [3.63, 3.8) is 0 Å². The number of benzene rings is 2. The first kappa shape index (κ1) is 19.0. The van der Waals surface area contributed by atoms with E-state index in [4.69, 9.17) is 4.74 Å². The molecule has 5 nitrogen and oxygen atoms in total. The van der Waals surface area contributed by atoms with Crippen LogP contribution in [-0.4, -0.2) is 53.9 Å². The lowest BCUT2D eigenvalue weighted by Crippen LogP contribution is -2.37. The first-order chi connectivity index (χ1) is 13.0. The van der Waals surface area contributed by atoms with Crippen LogP contribution < -0.4 is 4.74 Å². The molecule has 1 aliphatic rings. The van der Waals surface area contributed by atoms with Crippen molar-refractivity contribution in [3.8, 4) is 5.75 Å². The van der Waals surface area contributed by atoms with E-state index in [1.807, 2.05) is 66.1 Å². The first-order valence-corrected chi connectivity index (χ1v) is 9.45. The Morgan fingerprint density at radius 2 is 1.30 bits per heavy atom. The lowest BCUT2D eigenvalue weighted by Gasteiger charge is -2.22. The van der Waals surface area contributed by atoms with Crippen LogP contribution in [0, 0.1) is 0 Å². The fourth-order valence-electron chi connectivity index (χ4n) is 3.22. The lowest BCUT2D eigenvalue weighted by molar-refractivity contribution is 0.0718. The highest BCUT2D eigenvalue weighted by Crippen LogP contribution is 2.17. The monoisotopic (exact) mass is 366 g/mol. The van der Waals surface area contributed by atoms with E-state index >= 15 is 0 Å². The summed E-state index contributed by atoms with van der Waals surface area (Å²) in [6.45, 7) is 6.35. The molecule has 2 aromatic rings. The average molecular weight is 366 g/mol. The molecule has 2 aromatic carbocycles. The Labute approximate surface area is 160 Å². The van der Waals surface area contributed by atoms with Gasteiger partial charge in [0, 0.05) is 37.3 Å². The molecule has 0 unspecified atom stereocenters. The van der Waals surface area contributed by atoms with Crippen molar-refractivity contribution in [2.45, 2.75) is 26.4 Å². The molecule has 1 heterocycles. The first-order valence-electron chi connectivity index (χ1n) is 9.45. The van der Waals surface area contributed by atoms with E-state index in [1.165, 1.54) is 0 Å². The minimum atomic E-state index is 0.0000991. The molecule has 0 aliphatic carbocycles. The fraction of sp³-hybridized carbons (Fsp3) is 0.364. The van der Waals surface area contributed by atoms with Crippen LogP contribution in [0.15, 0.2) is 54.6 Å². The van der Waals surface area contributed by atoms with E-state index in [0.717, 1.165) is 12.2 Å². The molecular formula is C22H26N2O3. The zero-order valence-electron chi connectivity index (χ0n) is 15.9. The molecule has 1 fully saturated rings. The Morgan fingerprint density at radius 3 is 1.81 bits per heavy atom. The Kier molecular flexibility index (Phi) is 6.12. The normalized spacial score (nSPS) is 14.8. The molecule has 3 rings (SSSR count). The van der Waals surface area contributed by atoms with Gasteiger partial charge < -0.3 is 14.5 Å². The predicted octanol–water partition coefficient (Wildman–Crippen LogP) is 3.46. The van der Waals surface area contributed by atoms with Gasteiger partial charge in [-0.25, -0.2) is 0 Å². The minimum absolute atomic E-state index is 0.0000991. The molecule has 1 aliphatic heterocycles. The largest absolute Gasteiger partial charge is 0.491 e. The summed E-state index contributed by atoms with van der Waals surface area (Å²) in [5.74, 6) is 0.789. The van der Waals surface area contributed by atoms with Gasteiger partial charge in [0.1, 0.15) is 5.75 Å². The number of carbonyl (C=O) groups is 2. The van der Waals surface area contributed by atoms with E-state index in [-0.39, 0.29) is 17.9 Å². The third-order valence-electron chi connectivity index (χ3n) is 4.56. The molecule has 0 aromatic heterocycles. The Bertz CT molecular complexity index is 772. The van der Waals surface area contributed by atoms with E-state index in [9.17, 15) is 9.59 Å². The van der Waals surface area contributed by atoms with Gasteiger partial charge in [-0.05, 0) is 56.7 Å². The van der Waals surface area contributed by atoms with Gasteiger partial charge in [-0.15, -0.1) is 0 Å². The quantitative estimate of drug-likeness (QED) is 0.833. The maximum absolute atomic E-state index is 12.8. The van der Waals surface area contributed by atoms with Gasteiger partial charge in [0.25, 0.3) is 11.8 Å². The molecule has 142 valence electrons. The topological polar surface area (TPSA) is 49.9 Å². The fourth-order valence-corrected chi connectivity index (χ4v) is 3.22. The van der Waals surface area contributed by atoms with Crippen molar-refractivity contribution in [1.82, 2.24) is 9.80 Å². The standard InChI is InChI=1S/C22H26N2O3/c1-17(2)27-20-11-9-19(10-12-20)22(26)24-14-6-13-23(15-16-24)21(25)18-7-4-3-5-8-18/h3-5,7-12,17H,6,13-16H2,1-2H3. The third kappa shape index (κ3) is 4.88. The van der Waals surface area contributed by atoms with Crippen LogP contribution >= 0.6 is 0 Å². The molecule has 2 amide bonds. The minimum Gasteiger partial charge on any atom is -0.491 e. The van der Waals surface area contributed by atoms with Crippen LogP contribution in [0.1, 0.15) is 41.0 Å². The average Bonchev–Trinajstić information content (AvgIpc) is 2.94. The van der Waals surface area contributed by atoms with Gasteiger partial charge in [-0.2, -0.15) is 0 Å². The number of hydrogen-bond donors (Lipinski definition) is 0. The number of amides is 2. The summed E-state index contributed by atoms with van der Waals surface area (Å²) in [4.78, 5) is 29.1. The van der Waals surface area contributed by atoms with Crippen LogP contribution in [0.2, 0.25) is 0 Å². The van der Waals surface area contributed by atoms with Crippen molar-refractivity contribution < 1.29 is 14.3 Å². The van der Waals surface area contributed by atoms with Crippen LogP contribution in [0.4, 0.5) is 0 Å². The summed E-state index contributed by atoms with van der Waals surface area (Å²) in [5.41, 5.74) is 1.34. The van der Waals surface area contributed by atoms with Gasteiger partial charge in [-0.1, -0.05) is 18.2 Å². The summed E-state index contributed by atoms with van der Waals surface area (Å²) >= 11 is 0. The third-order valence-corrected chi connectivity index (χ3v) is 4.56. The molecule has 0 spiro atoms. The highest BCUT2D eigenvalue weighted by Gasteiger charge is 2.23. The zero-order valence-corrected chi connectivity index (χ0v) is 15.9. The number of rotatable bonds is 4. The zero-order chi connectivity index (χ0) is 19.2. The van der Waals surface area contributed by atoms with Gasteiger partial charge in [-0.3, -0.25) is 9.59 Å². The summed E-state index contributed by atoms with van der Waals surface area (Å²) in [6.07, 6.45) is 0.879. The maximum Gasteiger partial charge on any atom is 0.253 e. The Balaban J connectivity index is 1.62. The molecule has 0 bridgehead atoms. The predicted molar refractivity (Wildman–Crippen MR) is 105 cm³/mol. The molecule has 0 radical (unpaired) electrons. The van der Waals surface area contributed by atoms with Crippen molar-refractivity contribution in [3.05, 3.63) is 65.7 Å². The molecular weight excluding hydrogens is 340 g/mol. The van der Waals surface area contributed by atoms with E-state index in [2.05, 4.69) is 0 Å². The van der Waals surface area contributed by atoms with Crippen LogP contribution in [-0.2, 0) is 0 Å². The van der Waals surface area contributed by atoms with Crippen molar-refractivity contribution in [2.75, 3.05) is 26.2 Å². The summed E-state index contributed by atoms with van der Waals surface area (Å²) in [6, 6.07) is 16.6. The number of ether oxygens (including phenoxy) is 1. The van der Waals surface area contributed by atoms with Crippen molar-refractivity contribution in [1.29, 1.82) is 0 Å². The highest BCUT2D eigenvalue weighted by atomic mass is 16.5. The van der Waals surface area contributed by atoms with Crippen molar-refractivity contribution >= 4 is 11.8 Å². The summed E-state index contributed by atoms with van der Waals surface area (Å²) in [7, 11) is 0. The SMILES string of the molecule is CC(C)Oc1ccc(C(=O)N2CCCN(C(=O)c3ccccc3)CC2)cc1. The van der Waals surface area contributed by atoms with Crippen LogP contribution in [0.3, 0.4) is 0 Å². The van der Waals surface area contributed by atoms with Crippen LogP contribution in [0.5, 0.6) is 5.75 Å². The maximum atomic E-state index is 12.8. The molecule has 0 N–H and O–H groups in total. The molecule has 27 heavy (non-hydrogen) atoms. The van der Waals surface area contributed by atoms with Gasteiger partial charge in [0.2, 0.25) is 0 Å². The molecule has 5 heteroatoms. The van der Waals surface area contributed by atoms with E-state index in [0.29, 0.717) is 37.3 Å². The van der Waals surface area contributed by atoms with Gasteiger partial charge in [0.15, 0.2) is 0 Å². The number of hydrogen-bond acceptors (Lipinski definition) is 3. The smallest absolute Gasteiger partial charge is 0.253 e. The molecule has 0 saturated carbocycles. The Morgan fingerprint density at radius 1 is 0.778 bits per heavy atom. The summed E-state index contributed by atoms with van der Waals surface area (Å²) in [5, 5.41) is 0. The van der Waals surface area contributed by atoms with E-state index in [1.54, 1.807) is 12.1 Å². The Hall–Kier alpha value is -2.82. The van der Waals surface area contributed by atoms with Crippen LogP contribution in [0.25, 0.3) is 0 Å². The van der Waals surface area contributed by atoms with Gasteiger partial charge >= 0.3 is 0 Å². The number of carbonyl (C=O) groups excluding carboxylic acids is 2. The second-order valence-electron chi connectivity index (χ2n) is 6.99. The second-order valence-corrected chi connectivity index (χ2v) is 6.99. The van der Waals surface area contributed by atoms with Crippen molar-refractivity contribution in [2.24, 2.45) is 0 Å². The molecule has 0 atom stereocenters. The number of nitrogens with zero attached hydrogens (tertiary/aromatic N) is 2. The molecule has 1 saturated heterocycles. The van der Waals surface area contributed by atoms with E-state index < -0.39 is 0 Å². The lowest BCUT2D eigenvalue weighted by atomic mass is 10.2. The second kappa shape index (κ2) is 8.71. The van der Waals surface area contributed by atoms with Gasteiger partial charge in [0.05, 0.1) is 6.10 Å². The highest BCUT2D eigenvalue weighted by molar-refractivity contribution is 5.95. The summed E-state index contributed by atoms with van der Waals surface area (Å²) < 4.78 is 5.63.